The Bertz CT molecular complexity index is 701. The third-order valence-electron chi connectivity index (χ3n) is 3.29. The van der Waals surface area contributed by atoms with Crippen molar-refractivity contribution in [3.05, 3.63) is 70.3 Å². The van der Waals surface area contributed by atoms with Crippen LogP contribution in [-0.2, 0) is 13.0 Å². The summed E-state index contributed by atoms with van der Waals surface area (Å²) >= 11 is 12.3. The Balaban J connectivity index is 1.89. The molecule has 0 bridgehead atoms. The van der Waals surface area contributed by atoms with Crippen molar-refractivity contribution in [2.75, 3.05) is 0 Å². The summed E-state index contributed by atoms with van der Waals surface area (Å²) in [5, 5.41) is 2.44. The Morgan fingerprint density at radius 2 is 1.74 bits per heavy atom. The van der Waals surface area contributed by atoms with Gasteiger partial charge in [-0.1, -0.05) is 53.5 Å². The highest BCUT2D eigenvalue weighted by atomic mass is 35.5. The molecule has 96 valence electrons. The molecule has 0 N–H and O–H groups in total. The smallest absolute Gasteiger partial charge is 0.0514 e. The van der Waals surface area contributed by atoms with Gasteiger partial charge in [-0.05, 0) is 30.2 Å². The highest BCUT2D eigenvalue weighted by Gasteiger charge is 2.06. The van der Waals surface area contributed by atoms with Crippen LogP contribution >= 0.6 is 23.2 Å². The molecule has 0 radical (unpaired) electrons. The Hall–Kier alpha value is -1.44. The Morgan fingerprint density at radius 1 is 0.947 bits per heavy atom. The van der Waals surface area contributed by atoms with Crippen molar-refractivity contribution in [3.8, 4) is 0 Å². The molecule has 0 saturated carbocycles. The fourth-order valence-corrected chi connectivity index (χ4v) is 2.85. The predicted octanol–water partition coefficient (Wildman–Crippen LogP) is 5.19. The van der Waals surface area contributed by atoms with Crippen molar-refractivity contribution in [1.82, 2.24) is 4.57 Å². The van der Waals surface area contributed by atoms with Gasteiger partial charge in [0, 0.05) is 23.2 Å². The van der Waals surface area contributed by atoms with Crippen molar-refractivity contribution in [2.45, 2.75) is 13.0 Å². The van der Waals surface area contributed by atoms with E-state index in [1.54, 1.807) is 6.07 Å². The van der Waals surface area contributed by atoms with Crippen LogP contribution in [0.25, 0.3) is 10.9 Å². The molecule has 3 aromatic rings. The van der Waals surface area contributed by atoms with Gasteiger partial charge in [0.15, 0.2) is 0 Å². The Labute approximate surface area is 122 Å². The summed E-state index contributed by atoms with van der Waals surface area (Å²) < 4.78 is 2.19. The van der Waals surface area contributed by atoms with Crippen LogP contribution in [0.4, 0.5) is 0 Å². The van der Waals surface area contributed by atoms with Gasteiger partial charge in [0.05, 0.1) is 10.5 Å². The number of hydrogen-bond donors (Lipinski definition) is 0. The lowest BCUT2D eigenvalue weighted by Crippen LogP contribution is -1.99. The maximum Gasteiger partial charge on any atom is 0.0514 e. The predicted molar refractivity (Wildman–Crippen MR) is 82.1 cm³/mol. The van der Waals surface area contributed by atoms with E-state index >= 15 is 0 Å². The second kappa shape index (κ2) is 5.28. The minimum atomic E-state index is 0.678. The van der Waals surface area contributed by atoms with Gasteiger partial charge < -0.3 is 4.57 Å². The molecule has 3 rings (SSSR count). The number of fused-ring (bicyclic) bond motifs is 1. The van der Waals surface area contributed by atoms with E-state index in [0.29, 0.717) is 10.0 Å². The van der Waals surface area contributed by atoms with Gasteiger partial charge in [-0.2, -0.15) is 0 Å². The van der Waals surface area contributed by atoms with Crippen LogP contribution in [0.2, 0.25) is 10.0 Å². The van der Waals surface area contributed by atoms with Crippen molar-refractivity contribution in [2.24, 2.45) is 0 Å². The van der Waals surface area contributed by atoms with Crippen molar-refractivity contribution in [1.29, 1.82) is 0 Å². The second-order valence-electron chi connectivity index (χ2n) is 4.57. The van der Waals surface area contributed by atoms with Gasteiger partial charge in [-0.3, -0.25) is 0 Å². The summed E-state index contributed by atoms with van der Waals surface area (Å²) in [6.45, 7) is 0.921. The largest absolute Gasteiger partial charge is 0.347 e. The summed E-state index contributed by atoms with van der Waals surface area (Å²) in [6.07, 6.45) is 3.06. The lowest BCUT2D eigenvalue weighted by Gasteiger charge is -2.06. The van der Waals surface area contributed by atoms with E-state index in [1.165, 1.54) is 5.56 Å². The molecule has 1 aromatic heterocycles. The summed E-state index contributed by atoms with van der Waals surface area (Å²) in [5.74, 6) is 0. The Morgan fingerprint density at radius 3 is 2.53 bits per heavy atom. The first-order valence-corrected chi connectivity index (χ1v) is 6.97. The molecule has 0 spiro atoms. The fraction of sp³-hybridized carbons (Fsp3) is 0.125. The van der Waals surface area contributed by atoms with Gasteiger partial charge in [-0.15, -0.1) is 0 Å². The maximum absolute atomic E-state index is 6.20. The van der Waals surface area contributed by atoms with Crippen LogP contribution in [0.1, 0.15) is 5.56 Å². The molecule has 0 aliphatic heterocycles. The third-order valence-corrected chi connectivity index (χ3v) is 3.82. The number of rotatable bonds is 3. The molecule has 19 heavy (non-hydrogen) atoms. The van der Waals surface area contributed by atoms with Gasteiger partial charge >= 0.3 is 0 Å². The number of hydrogen-bond acceptors (Lipinski definition) is 0. The minimum Gasteiger partial charge on any atom is -0.347 e. The number of aromatic nitrogens is 1. The summed E-state index contributed by atoms with van der Waals surface area (Å²) in [5.41, 5.74) is 2.42. The van der Waals surface area contributed by atoms with Crippen molar-refractivity contribution >= 4 is 34.1 Å². The lowest BCUT2D eigenvalue weighted by molar-refractivity contribution is 0.723. The molecule has 1 heterocycles. The average molecular weight is 290 g/mol. The normalized spacial score (nSPS) is 11.1. The molecule has 0 saturated heterocycles. The van der Waals surface area contributed by atoms with Crippen LogP contribution in [-0.4, -0.2) is 4.57 Å². The summed E-state index contributed by atoms with van der Waals surface area (Å²) in [6, 6.07) is 16.2. The maximum atomic E-state index is 6.20. The molecule has 0 aliphatic rings. The van der Waals surface area contributed by atoms with Crippen LogP contribution < -0.4 is 0 Å². The highest BCUT2D eigenvalue weighted by molar-refractivity contribution is 6.38. The number of aryl methyl sites for hydroxylation is 2. The van der Waals surface area contributed by atoms with Gasteiger partial charge in [0.1, 0.15) is 0 Å². The fourth-order valence-electron chi connectivity index (χ4n) is 2.31. The number of benzene rings is 2. The van der Waals surface area contributed by atoms with Crippen LogP contribution in [0, 0.1) is 0 Å². The van der Waals surface area contributed by atoms with Gasteiger partial charge in [-0.25, -0.2) is 0 Å². The third kappa shape index (κ3) is 2.63. The van der Waals surface area contributed by atoms with E-state index in [2.05, 4.69) is 35.0 Å². The van der Waals surface area contributed by atoms with E-state index in [0.717, 1.165) is 23.9 Å². The monoisotopic (exact) mass is 289 g/mol. The molecule has 0 amide bonds. The SMILES string of the molecule is Clc1cc(Cl)c2ccn(CCc3ccccc3)c2c1. The molecule has 1 nitrogen and oxygen atoms in total. The average Bonchev–Trinajstić information content (AvgIpc) is 2.81. The first kappa shape index (κ1) is 12.6. The first-order valence-electron chi connectivity index (χ1n) is 6.22. The minimum absolute atomic E-state index is 0.678. The van der Waals surface area contributed by atoms with Gasteiger partial charge in [0.2, 0.25) is 0 Å². The lowest BCUT2D eigenvalue weighted by atomic mass is 10.1. The quantitative estimate of drug-likeness (QED) is 0.625. The van der Waals surface area contributed by atoms with Crippen molar-refractivity contribution in [3.63, 3.8) is 0 Å². The molecule has 0 fully saturated rings. The zero-order valence-electron chi connectivity index (χ0n) is 10.3. The molecule has 3 heteroatoms. The molecule has 0 aliphatic carbocycles. The van der Waals surface area contributed by atoms with Crippen LogP contribution in [0.5, 0.6) is 0 Å². The van der Waals surface area contributed by atoms with E-state index in [-0.39, 0.29) is 0 Å². The molecular formula is C16H13Cl2N. The van der Waals surface area contributed by atoms with E-state index in [9.17, 15) is 0 Å². The van der Waals surface area contributed by atoms with E-state index < -0.39 is 0 Å². The van der Waals surface area contributed by atoms with E-state index in [4.69, 9.17) is 23.2 Å². The molecule has 0 atom stereocenters. The molecule has 0 unspecified atom stereocenters. The zero-order valence-corrected chi connectivity index (χ0v) is 11.8. The topological polar surface area (TPSA) is 4.93 Å². The number of halogens is 2. The first-order chi connectivity index (χ1) is 9.24. The Kier molecular flexibility index (Phi) is 3.50. The van der Waals surface area contributed by atoms with Crippen LogP contribution in [0.3, 0.4) is 0 Å². The van der Waals surface area contributed by atoms with Gasteiger partial charge in [0.25, 0.3) is 0 Å². The van der Waals surface area contributed by atoms with Crippen molar-refractivity contribution < 1.29 is 0 Å². The zero-order chi connectivity index (χ0) is 13.2. The molecule has 2 aromatic carbocycles. The standard InChI is InChI=1S/C16H13Cl2N/c17-13-10-15(18)14-7-9-19(16(14)11-13)8-6-12-4-2-1-3-5-12/h1-5,7,9-11H,6,8H2. The van der Waals surface area contributed by atoms with E-state index in [1.807, 2.05) is 18.2 Å². The highest BCUT2D eigenvalue weighted by Crippen LogP contribution is 2.28. The molecular weight excluding hydrogens is 277 g/mol. The number of nitrogens with zero attached hydrogens (tertiary/aromatic N) is 1. The summed E-state index contributed by atoms with van der Waals surface area (Å²) in [4.78, 5) is 0. The van der Waals surface area contributed by atoms with Crippen LogP contribution in [0.15, 0.2) is 54.7 Å². The summed E-state index contributed by atoms with van der Waals surface area (Å²) in [7, 11) is 0. The second-order valence-corrected chi connectivity index (χ2v) is 5.41.